The van der Waals surface area contributed by atoms with E-state index in [1.165, 1.54) is 0 Å². The largest absolute Gasteiger partial charge is 0.352 e. The van der Waals surface area contributed by atoms with Gasteiger partial charge in [0.1, 0.15) is 4.64 Å². The number of aromatic amines is 1. The van der Waals surface area contributed by atoms with Gasteiger partial charge < -0.3 is 10.3 Å². The second-order valence-electron chi connectivity index (χ2n) is 5.86. The fourth-order valence-electron chi connectivity index (χ4n) is 2.35. The summed E-state index contributed by atoms with van der Waals surface area (Å²) < 4.78 is 27.7. The Kier molecular flexibility index (Phi) is 5.38. The van der Waals surface area contributed by atoms with Gasteiger partial charge in [-0.2, -0.15) is 0 Å². The Labute approximate surface area is 162 Å². The lowest BCUT2D eigenvalue weighted by Crippen LogP contribution is -2.14. The summed E-state index contributed by atoms with van der Waals surface area (Å²) in [5.74, 6) is -0.343. The first-order valence-corrected chi connectivity index (χ1v) is 9.93. The third-order valence-corrected chi connectivity index (χ3v) is 5.52. The SMILES string of the molecule is Cc1ccc(S(=O)(=O)Nc2ccc(NC(=O)c3ccc[nH]c3=S)cc2)cc1. The van der Waals surface area contributed by atoms with E-state index in [-0.39, 0.29) is 10.8 Å². The van der Waals surface area contributed by atoms with Crippen molar-refractivity contribution in [3.8, 4) is 0 Å². The zero-order chi connectivity index (χ0) is 19.4. The highest BCUT2D eigenvalue weighted by molar-refractivity contribution is 7.92. The summed E-state index contributed by atoms with van der Waals surface area (Å²) in [6.45, 7) is 1.89. The maximum absolute atomic E-state index is 12.4. The van der Waals surface area contributed by atoms with Gasteiger partial charge in [-0.05, 0) is 55.5 Å². The molecule has 27 heavy (non-hydrogen) atoms. The smallest absolute Gasteiger partial charge is 0.261 e. The van der Waals surface area contributed by atoms with Crippen LogP contribution >= 0.6 is 12.2 Å². The van der Waals surface area contributed by atoms with Crippen molar-refractivity contribution in [1.29, 1.82) is 0 Å². The summed E-state index contributed by atoms with van der Waals surface area (Å²) >= 11 is 5.09. The number of benzene rings is 2. The van der Waals surface area contributed by atoms with Crippen LogP contribution in [-0.2, 0) is 10.0 Å². The number of aryl methyl sites for hydroxylation is 1. The zero-order valence-electron chi connectivity index (χ0n) is 14.4. The topological polar surface area (TPSA) is 91.1 Å². The normalized spacial score (nSPS) is 11.0. The lowest BCUT2D eigenvalue weighted by atomic mass is 10.2. The number of sulfonamides is 1. The van der Waals surface area contributed by atoms with E-state index in [0.29, 0.717) is 21.6 Å². The van der Waals surface area contributed by atoms with Gasteiger partial charge in [-0.3, -0.25) is 9.52 Å². The van der Waals surface area contributed by atoms with Gasteiger partial charge in [-0.1, -0.05) is 29.9 Å². The van der Waals surface area contributed by atoms with E-state index in [0.717, 1.165) is 5.56 Å². The van der Waals surface area contributed by atoms with Crippen LogP contribution < -0.4 is 10.0 Å². The molecule has 0 saturated carbocycles. The minimum Gasteiger partial charge on any atom is -0.352 e. The molecule has 1 amide bonds. The number of carbonyl (C=O) groups is 1. The fraction of sp³-hybridized carbons (Fsp3) is 0.0526. The van der Waals surface area contributed by atoms with E-state index in [2.05, 4.69) is 15.0 Å². The molecule has 1 aromatic heterocycles. The van der Waals surface area contributed by atoms with E-state index in [4.69, 9.17) is 12.2 Å². The van der Waals surface area contributed by atoms with Crippen molar-refractivity contribution < 1.29 is 13.2 Å². The van der Waals surface area contributed by atoms with Crippen LogP contribution in [-0.4, -0.2) is 19.3 Å². The van der Waals surface area contributed by atoms with Crippen LogP contribution in [0, 0.1) is 11.6 Å². The van der Waals surface area contributed by atoms with E-state index in [9.17, 15) is 13.2 Å². The van der Waals surface area contributed by atoms with Crippen molar-refractivity contribution in [2.75, 3.05) is 10.0 Å². The predicted octanol–water partition coefficient (Wildman–Crippen LogP) is 4.11. The molecular weight excluding hydrogens is 382 g/mol. The molecule has 0 radical (unpaired) electrons. The molecule has 1 heterocycles. The first kappa shape index (κ1) is 18.8. The maximum Gasteiger partial charge on any atom is 0.261 e. The molecule has 3 N–H and O–H groups in total. The Morgan fingerprint density at radius 3 is 2.22 bits per heavy atom. The molecule has 0 aliphatic heterocycles. The number of amides is 1. The Morgan fingerprint density at radius 2 is 1.59 bits per heavy atom. The van der Waals surface area contributed by atoms with Crippen molar-refractivity contribution >= 4 is 39.5 Å². The number of H-pyrrole nitrogens is 1. The molecule has 0 saturated heterocycles. The highest BCUT2D eigenvalue weighted by Crippen LogP contribution is 2.19. The molecule has 138 valence electrons. The number of carbonyl (C=O) groups excluding carboxylic acids is 1. The van der Waals surface area contributed by atoms with Crippen molar-refractivity contribution in [2.24, 2.45) is 0 Å². The van der Waals surface area contributed by atoms with Crippen LogP contribution in [0.15, 0.2) is 71.8 Å². The Morgan fingerprint density at radius 1 is 0.963 bits per heavy atom. The number of aromatic nitrogens is 1. The number of nitrogens with one attached hydrogen (secondary N) is 3. The van der Waals surface area contributed by atoms with Gasteiger partial charge in [0.2, 0.25) is 0 Å². The van der Waals surface area contributed by atoms with Crippen LogP contribution in [0.25, 0.3) is 0 Å². The predicted molar refractivity (Wildman–Crippen MR) is 108 cm³/mol. The Balaban J connectivity index is 1.72. The van der Waals surface area contributed by atoms with Crippen molar-refractivity contribution in [1.82, 2.24) is 4.98 Å². The average Bonchev–Trinajstić information content (AvgIpc) is 2.64. The number of hydrogen-bond acceptors (Lipinski definition) is 4. The fourth-order valence-corrected chi connectivity index (χ4v) is 3.64. The van der Waals surface area contributed by atoms with E-state index in [1.54, 1.807) is 66.9 Å². The third-order valence-electron chi connectivity index (χ3n) is 3.79. The van der Waals surface area contributed by atoms with Gasteiger partial charge in [0.15, 0.2) is 0 Å². The summed E-state index contributed by atoms with van der Waals surface area (Å²) in [7, 11) is -3.67. The molecule has 0 unspecified atom stereocenters. The molecule has 6 nitrogen and oxygen atoms in total. The summed E-state index contributed by atoms with van der Waals surface area (Å²) in [4.78, 5) is 15.2. The van der Waals surface area contributed by atoms with Gasteiger partial charge in [-0.15, -0.1) is 0 Å². The van der Waals surface area contributed by atoms with Crippen LogP contribution in [0.1, 0.15) is 15.9 Å². The molecule has 0 atom stereocenters. The zero-order valence-corrected chi connectivity index (χ0v) is 16.0. The van der Waals surface area contributed by atoms with Crippen molar-refractivity contribution in [3.05, 3.63) is 82.6 Å². The molecule has 3 rings (SSSR count). The van der Waals surface area contributed by atoms with Crippen LogP contribution in [0.4, 0.5) is 11.4 Å². The number of anilines is 2. The summed E-state index contributed by atoms with van der Waals surface area (Å²) in [6.07, 6.45) is 1.65. The van der Waals surface area contributed by atoms with Gasteiger partial charge in [0.05, 0.1) is 10.5 Å². The summed E-state index contributed by atoms with van der Waals surface area (Å²) in [5, 5.41) is 2.72. The van der Waals surface area contributed by atoms with Crippen LogP contribution in [0.2, 0.25) is 0 Å². The average molecular weight is 399 g/mol. The molecule has 0 aliphatic rings. The van der Waals surface area contributed by atoms with Crippen LogP contribution in [0.5, 0.6) is 0 Å². The third kappa shape index (κ3) is 4.60. The minimum atomic E-state index is -3.67. The summed E-state index contributed by atoms with van der Waals surface area (Å²) in [6, 6.07) is 16.3. The van der Waals surface area contributed by atoms with Crippen molar-refractivity contribution in [3.63, 3.8) is 0 Å². The first-order valence-electron chi connectivity index (χ1n) is 8.04. The quantitative estimate of drug-likeness (QED) is 0.563. The lowest BCUT2D eigenvalue weighted by molar-refractivity contribution is 0.102. The Bertz CT molecular complexity index is 1120. The molecular formula is C19H17N3O3S2. The first-order chi connectivity index (χ1) is 12.8. The molecule has 3 aromatic rings. The second-order valence-corrected chi connectivity index (χ2v) is 7.95. The van der Waals surface area contributed by atoms with Crippen LogP contribution in [0.3, 0.4) is 0 Å². The monoisotopic (exact) mass is 399 g/mol. The van der Waals surface area contributed by atoms with E-state index >= 15 is 0 Å². The number of rotatable bonds is 5. The molecule has 8 heteroatoms. The van der Waals surface area contributed by atoms with E-state index in [1.807, 2.05) is 6.92 Å². The Hall–Kier alpha value is -2.97. The highest BCUT2D eigenvalue weighted by Gasteiger charge is 2.14. The molecule has 0 aliphatic carbocycles. The number of hydrogen-bond donors (Lipinski definition) is 3. The van der Waals surface area contributed by atoms with E-state index < -0.39 is 10.0 Å². The molecule has 0 fully saturated rings. The van der Waals surface area contributed by atoms with Gasteiger partial charge in [0, 0.05) is 17.6 Å². The minimum absolute atomic E-state index is 0.184. The maximum atomic E-state index is 12.4. The molecule has 0 bridgehead atoms. The second kappa shape index (κ2) is 7.73. The standard InChI is InChI=1S/C19H17N3O3S2/c1-13-4-10-16(11-5-13)27(24,25)22-15-8-6-14(7-9-15)21-18(23)17-3-2-12-20-19(17)26/h2-12,22H,1H3,(H,20,26)(H,21,23). The lowest BCUT2D eigenvalue weighted by Gasteiger charge is -2.10. The molecule has 2 aromatic carbocycles. The summed E-state index contributed by atoms with van der Waals surface area (Å²) in [5.41, 5.74) is 2.26. The van der Waals surface area contributed by atoms with Gasteiger partial charge in [0.25, 0.3) is 15.9 Å². The molecule has 0 spiro atoms. The van der Waals surface area contributed by atoms with Gasteiger partial charge >= 0.3 is 0 Å². The van der Waals surface area contributed by atoms with Crippen molar-refractivity contribution in [2.45, 2.75) is 11.8 Å². The van der Waals surface area contributed by atoms with Gasteiger partial charge in [-0.25, -0.2) is 8.42 Å². The highest BCUT2D eigenvalue weighted by atomic mass is 32.2. The number of pyridine rings is 1.